The molecule has 41 heavy (non-hydrogen) atoms. The third kappa shape index (κ3) is 7.97. The molecule has 6 rings (SSSR count). The van der Waals surface area contributed by atoms with Crippen LogP contribution in [0.25, 0.3) is 10.9 Å². The van der Waals surface area contributed by atoms with Crippen molar-refractivity contribution in [3.63, 3.8) is 0 Å². The van der Waals surface area contributed by atoms with Gasteiger partial charge in [0.2, 0.25) is 0 Å². The Bertz CT molecular complexity index is 1400. The van der Waals surface area contributed by atoms with E-state index in [9.17, 15) is 4.39 Å². The van der Waals surface area contributed by atoms with Crippen LogP contribution < -0.4 is 4.90 Å². The molecule has 1 N–H and O–H groups in total. The molecule has 0 bridgehead atoms. The lowest BCUT2D eigenvalue weighted by Gasteiger charge is -2.38. The Morgan fingerprint density at radius 2 is 1.78 bits per heavy atom. The molecule has 3 aromatic carbocycles. The maximum absolute atomic E-state index is 13.5. The van der Waals surface area contributed by atoms with Crippen molar-refractivity contribution in [1.29, 1.82) is 0 Å². The van der Waals surface area contributed by atoms with Crippen LogP contribution in [-0.2, 0) is 16.0 Å². The van der Waals surface area contributed by atoms with E-state index in [1.165, 1.54) is 66.2 Å². The zero-order valence-corrected chi connectivity index (χ0v) is 25.1. The summed E-state index contributed by atoms with van der Waals surface area (Å²) in [6.07, 6.45) is 4.30. The number of halogens is 2. The number of nitrogens with one attached hydrogen (secondary N) is 1. The van der Waals surface area contributed by atoms with E-state index >= 15 is 0 Å². The fourth-order valence-electron chi connectivity index (χ4n) is 5.56. The third-order valence-electron chi connectivity index (χ3n) is 7.54. The molecule has 3 heterocycles. The number of nitrogens with zero attached hydrogens (tertiary/aromatic N) is 2. The highest BCUT2D eigenvalue weighted by Crippen LogP contribution is 2.41. The van der Waals surface area contributed by atoms with Crippen LogP contribution in [0, 0.1) is 12.7 Å². The molecule has 1 atom stereocenters. The summed E-state index contributed by atoms with van der Waals surface area (Å²) in [5, 5.41) is 1.95. The van der Waals surface area contributed by atoms with Gasteiger partial charge in [-0.2, -0.15) is 0 Å². The Hall–Kier alpha value is -3.19. The van der Waals surface area contributed by atoms with Gasteiger partial charge in [0.15, 0.2) is 0 Å². The van der Waals surface area contributed by atoms with Crippen LogP contribution >= 0.6 is 11.6 Å². The van der Waals surface area contributed by atoms with Crippen molar-refractivity contribution in [3.05, 3.63) is 100.0 Å². The topological polar surface area (TPSA) is 48.6 Å². The second-order valence-electron chi connectivity index (χ2n) is 10.5. The predicted molar refractivity (Wildman–Crippen MR) is 168 cm³/mol. The summed E-state index contributed by atoms with van der Waals surface area (Å²) in [7, 11) is 0. The molecule has 0 amide bonds. The molecule has 2 aliphatic rings. The van der Waals surface area contributed by atoms with E-state index < -0.39 is 0 Å². The van der Waals surface area contributed by atoms with E-state index in [0.29, 0.717) is 0 Å². The van der Waals surface area contributed by atoms with Gasteiger partial charge in [-0.15, -0.1) is 0 Å². The molecule has 5 nitrogen and oxygen atoms in total. The van der Waals surface area contributed by atoms with Gasteiger partial charge in [0.25, 0.3) is 0 Å². The summed E-state index contributed by atoms with van der Waals surface area (Å²) < 4.78 is 18.7. The molecule has 4 aromatic rings. The molecule has 0 spiro atoms. The molecule has 0 saturated carbocycles. The van der Waals surface area contributed by atoms with Gasteiger partial charge >= 0.3 is 0 Å². The number of anilines is 1. The van der Waals surface area contributed by atoms with Gasteiger partial charge in [-0.1, -0.05) is 54.8 Å². The van der Waals surface area contributed by atoms with Crippen LogP contribution in [0.5, 0.6) is 0 Å². The molecule has 0 radical (unpaired) electrons. The highest BCUT2D eigenvalue weighted by Gasteiger charge is 2.32. The number of rotatable bonds is 5. The van der Waals surface area contributed by atoms with Crippen LogP contribution in [-0.4, -0.2) is 55.6 Å². The van der Waals surface area contributed by atoms with Crippen molar-refractivity contribution in [3.8, 4) is 0 Å². The van der Waals surface area contributed by atoms with Gasteiger partial charge < -0.3 is 19.4 Å². The molecule has 2 aliphatic heterocycles. The minimum Gasteiger partial charge on any atom is -0.379 e. The van der Waals surface area contributed by atoms with E-state index in [0.717, 1.165) is 61.8 Å². The van der Waals surface area contributed by atoms with Crippen LogP contribution in [0.1, 0.15) is 55.1 Å². The standard InChI is InChI=1S/C24H20ClFN2.C8H17NO.C2H4O/c1-15-3-2-4-16(13-15)24-23-20(21-14-17(25)5-10-22(21)27-23)11-12-28(24)19-8-6-18(26)7-9-19;1-2-3-4-9-5-7-10-8-6-9;1-2-3/h2-10,13-14,24,27H,11-12H2,1H3;2-8H2,1H3;2H,1H3. The Morgan fingerprint density at radius 3 is 2.46 bits per heavy atom. The first kappa shape index (κ1) is 30.8. The number of morpholine rings is 1. The fraction of sp³-hybridized carbons (Fsp3) is 0.382. The number of carbonyl (C=O) groups is 1. The summed E-state index contributed by atoms with van der Waals surface area (Å²) in [5.74, 6) is -0.214. The first-order chi connectivity index (χ1) is 19.9. The first-order valence-electron chi connectivity index (χ1n) is 14.5. The van der Waals surface area contributed by atoms with Gasteiger partial charge in [-0.3, -0.25) is 4.90 Å². The Labute approximate surface area is 248 Å². The van der Waals surface area contributed by atoms with Gasteiger partial charge in [0.05, 0.1) is 19.3 Å². The number of carbonyl (C=O) groups excluding carboxylic acids is 1. The number of aromatic amines is 1. The molecule has 1 aromatic heterocycles. The second kappa shape index (κ2) is 15.2. The normalized spacial score (nSPS) is 16.7. The maximum Gasteiger partial charge on any atom is 0.123 e. The van der Waals surface area contributed by atoms with E-state index in [2.05, 4.69) is 52.9 Å². The van der Waals surface area contributed by atoms with Gasteiger partial charge in [0.1, 0.15) is 12.1 Å². The molecule has 1 unspecified atom stereocenters. The van der Waals surface area contributed by atoms with E-state index in [-0.39, 0.29) is 11.9 Å². The quantitative estimate of drug-likeness (QED) is 0.246. The van der Waals surface area contributed by atoms with E-state index in [4.69, 9.17) is 21.1 Å². The highest BCUT2D eigenvalue weighted by atomic mass is 35.5. The number of aryl methyl sites for hydroxylation is 1. The number of hydrogen-bond acceptors (Lipinski definition) is 4. The number of fused-ring (bicyclic) bond motifs is 3. The van der Waals surface area contributed by atoms with Crippen LogP contribution in [0.3, 0.4) is 0 Å². The third-order valence-corrected chi connectivity index (χ3v) is 7.77. The molecular weight excluding hydrogens is 537 g/mol. The number of benzene rings is 3. The fourth-order valence-corrected chi connectivity index (χ4v) is 5.74. The predicted octanol–water partition coefficient (Wildman–Crippen LogP) is 7.74. The van der Waals surface area contributed by atoms with Crippen molar-refractivity contribution >= 4 is 34.5 Å². The number of aromatic nitrogens is 1. The number of H-pyrrole nitrogens is 1. The Balaban J connectivity index is 0.000000250. The van der Waals surface area contributed by atoms with E-state index in [1.807, 2.05) is 30.3 Å². The van der Waals surface area contributed by atoms with Gasteiger partial charge in [-0.05, 0) is 86.8 Å². The van der Waals surface area contributed by atoms with Gasteiger partial charge in [-0.25, -0.2) is 4.39 Å². The summed E-state index contributed by atoms with van der Waals surface area (Å²) in [6, 6.07) is 21.5. The van der Waals surface area contributed by atoms with Gasteiger partial charge in [0, 0.05) is 46.9 Å². The SMILES string of the molecule is CC=O.CCCCN1CCOCC1.Cc1cccc(C2c3[nH]c4ccc(Cl)cc4c3CCN2c2ccc(F)cc2)c1. The molecule has 1 fully saturated rings. The maximum atomic E-state index is 13.5. The summed E-state index contributed by atoms with van der Waals surface area (Å²) in [5.41, 5.74) is 7.09. The lowest BCUT2D eigenvalue weighted by Crippen LogP contribution is -2.36. The van der Waals surface area contributed by atoms with Crippen molar-refractivity contribution < 1.29 is 13.9 Å². The lowest BCUT2D eigenvalue weighted by molar-refractivity contribution is -0.106. The number of ether oxygens (including phenoxy) is 1. The molecule has 7 heteroatoms. The van der Waals surface area contributed by atoms with Crippen LogP contribution in [0.2, 0.25) is 5.02 Å². The lowest BCUT2D eigenvalue weighted by atomic mass is 9.91. The van der Waals surface area contributed by atoms with Crippen molar-refractivity contribution in [2.75, 3.05) is 44.3 Å². The average Bonchev–Trinajstić information content (AvgIpc) is 3.35. The Morgan fingerprint density at radius 1 is 1.05 bits per heavy atom. The van der Waals surface area contributed by atoms with E-state index in [1.54, 1.807) is 0 Å². The molecule has 1 saturated heterocycles. The summed E-state index contributed by atoms with van der Waals surface area (Å²) in [6.45, 7) is 12.1. The van der Waals surface area contributed by atoms with Crippen molar-refractivity contribution in [2.24, 2.45) is 0 Å². The van der Waals surface area contributed by atoms with Crippen LogP contribution in [0.15, 0.2) is 66.7 Å². The molecule has 218 valence electrons. The van der Waals surface area contributed by atoms with Crippen molar-refractivity contribution in [1.82, 2.24) is 9.88 Å². The number of hydrogen-bond donors (Lipinski definition) is 1. The first-order valence-corrected chi connectivity index (χ1v) is 14.9. The monoisotopic (exact) mass is 577 g/mol. The second-order valence-corrected chi connectivity index (χ2v) is 10.9. The Kier molecular flexibility index (Phi) is 11.4. The average molecular weight is 578 g/mol. The largest absolute Gasteiger partial charge is 0.379 e. The van der Waals surface area contributed by atoms with Crippen LogP contribution in [0.4, 0.5) is 10.1 Å². The highest BCUT2D eigenvalue weighted by molar-refractivity contribution is 6.31. The summed E-state index contributed by atoms with van der Waals surface area (Å²) >= 11 is 6.27. The molecular formula is C34H41ClFN3O2. The number of unbranched alkanes of at least 4 members (excludes halogenated alkanes) is 1. The zero-order valence-electron chi connectivity index (χ0n) is 24.3. The van der Waals surface area contributed by atoms with Crippen molar-refractivity contribution in [2.45, 2.75) is 46.1 Å². The zero-order chi connectivity index (χ0) is 29.2. The molecule has 0 aliphatic carbocycles. The minimum atomic E-state index is -0.214. The minimum absolute atomic E-state index is 0.0419. The summed E-state index contributed by atoms with van der Waals surface area (Å²) in [4.78, 5) is 17.3. The smallest absolute Gasteiger partial charge is 0.123 e. The number of aldehydes is 1.